The summed E-state index contributed by atoms with van der Waals surface area (Å²) in [6.07, 6.45) is 0. The largest absolute Gasteiger partial charge is 0.293 e. The maximum atomic E-state index is 2.56. The van der Waals surface area contributed by atoms with Gasteiger partial charge in [-0.15, -0.1) is 90.7 Å². The van der Waals surface area contributed by atoms with Crippen LogP contribution < -0.4 is 19.6 Å². The van der Waals surface area contributed by atoms with Gasteiger partial charge in [-0.25, -0.2) is 0 Å². The van der Waals surface area contributed by atoms with E-state index in [-0.39, 0.29) is 0 Å². The first kappa shape index (κ1) is 49.0. The van der Waals surface area contributed by atoms with Crippen LogP contribution in [0.1, 0.15) is 61.3 Å². The fraction of sp³-hybridized carbons (Fsp3) is 0.138. The van der Waals surface area contributed by atoms with E-state index in [1.54, 1.807) is 0 Å². The van der Waals surface area contributed by atoms with Crippen molar-refractivity contribution in [1.82, 2.24) is 0 Å². The van der Waals surface area contributed by atoms with Crippen LogP contribution in [-0.4, -0.2) is 0 Å². The minimum atomic E-state index is -0.747. The fourth-order valence-electron chi connectivity index (χ4n) is 11.5. The number of rotatable bonds is 12. The third-order valence-corrected chi connectivity index (χ3v) is 22.7. The van der Waals surface area contributed by atoms with Gasteiger partial charge in [0.25, 0.3) is 0 Å². The Labute approximate surface area is 482 Å². The van der Waals surface area contributed by atoms with E-state index in [0.717, 1.165) is 22.7 Å². The summed E-state index contributed by atoms with van der Waals surface area (Å²) in [5, 5.41) is 9.68. The van der Waals surface area contributed by atoms with Gasteiger partial charge in [0.2, 0.25) is 0 Å². The van der Waals surface area contributed by atoms with Crippen LogP contribution in [-0.2, 0) is 5.41 Å². The van der Waals surface area contributed by atoms with E-state index >= 15 is 0 Å². The molecule has 2 aliphatic carbocycles. The number of aryl methyl sites for hydroxylation is 8. The van der Waals surface area contributed by atoms with Crippen LogP contribution in [0.3, 0.4) is 0 Å². The molecular formula is C65H52N4S8. The van der Waals surface area contributed by atoms with E-state index in [4.69, 9.17) is 0 Å². The van der Waals surface area contributed by atoms with E-state index in [1.807, 2.05) is 90.7 Å². The predicted octanol–water partition coefficient (Wildman–Crippen LogP) is 22.9. The molecule has 77 heavy (non-hydrogen) atoms. The lowest BCUT2D eigenvalue weighted by Crippen LogP contribution is -2.27. The summed E-state index contributed by atoms with van der Waals surface area (Å²) in [5.41, 5.74) is 14.1. The molecule has 4 aromatic carbocycles. The van der Waals surface area contributed by atoms with Crippen molar-refractivity contribution in [3.05, 3.63) is 231 Å². The average molecular weight is 1150 g/mol. The fourth-order valence-corrected chi connectivity index (χ4v) is 18.9. The predicted molar refractivity (Wildman–Crippen MR) is 342 cm³/mol. The highest BCUT2D eigenvalue weighted by Crippen LogP contribution is 2.66. The van der Waals surface area contributed by atoms with E-state index in [1.165, 1.54) is 124 Å². The molecular weight excluding hydrogens is 1090 g/mol. The van der Waals surface area contributed by atoms with Gasteiger partial charge in [-0.05, 0) is 245 Å². The molecule has 0 unspecified atom stereocenters. The van der Waals surface area contributed by atoms with Crippen LogP contribution in [0, 0.1) is 55.4 Å². The minimum absolute atomic E-state index is 0.747. The van der Waals surface area contributed by atoms with Crippen molar-refractivity contribution in [2.75, 3.05) is 19.6 Å². The van der Waals surface area contributed by atoms with Crippen molar-refractivity contribution in [2.24, 2.45) is 0 Å². The quantitative estimate of drug-likeness (QED) is 0.121. The summed E-state index contributed by atoms with van der Waals surface area (Å²) < 4.78 is 0. The van der Waals surface area contributed by atoms with Crippen molar-refractivity contribution in [3.63, 3.8) is 0 Å². The molecule has 380 valence electrons. The molecule has 12 heteroatoms. The molecule has 8 heterocycles. The highest BCUT2D eigenvalue weighted by Gasteiger charge is 2.53. The van der Waals surface area contributed by atoms with Crippen molar-refractivity contribution in [2.45, 2.75) is 60.8 Å². The summed E-state index contributed by atoms with van der Waals surface area (Å²) in [7, 11) is 0. The molecule has 0 bridgehead atoms. The highest BCUT2D eigenvalue weighted by atomic mass is 32.1. The van der Waals surface area contributed by atoms with Gasteiger partial charge >= 0.3 is 0 Å². The molecule has 0 N–H and O–H groups in total. The molecule has 12 aromatic rings. The zero-order chi connectivity index (χ0) is 52.4. The molecule has 0 atom stereocenters. The summed E-state index contributed by atoms with van der Waals surface area (Å²) >= 11 is 14.8. The zero-order valence-electron chi connectivity index (χ0n) is 43.7. The van der Waals surface area contributed by atoms with Crippen LogP contribution >= 0.6 is 90.7 Å². The molecule has 8 aromatic heterocycles. The maximum Gasteiger partial charge on any atom is 0.101 e. The average Bonchev–Trinajstić information content (AvgIpc) is 3.75. The third-order valence-electron chi connectivity index (χ3n) is 14.8. The van der Waals surface area contributed by atoms with E-state index in [9.17, 15) is 0 Å². The standard InChI is InChI=1S/C65H52N4S8/c1-37-9-25-57(70-37)66(58-26-10-38(2)71-58)45-17-21-49-50-22-18-46(67(59-27-11-39(3)72-59)60-28-12-40(4)73-60)34-54(50)65(53(49)33-45)55-35-47(68(61-29-13-41(5)74-61)62-30-14-42(6)75-62)19-23-51(55)52-24-20-48(36-56(52)65)69(63-31-15-43(7)76-63)64-32-16-44(8)77-64/h9-36H,1-8H3. The Hall–Kier alpha value is -6.32. The normalized spacial score (nSPS) is 12.8. The maximum absolute atomic E-state index is 2.56. The summed E-state index contributed by atoms with van der Waals surface area (Å²) in [6, 6.07) is 65.9. The van der Waals surface area contributed by atoms with Crippen LogP contribution in [0.2, 0.25) is 0 Å². The van der Waals surface area contributed by atoms with Crippen molar-refractivity contribution in [1.29, 1.82) is 0 Å². The molecule has 0 saturated heterocycles. The van der Waals surface area contributed by atoms with Crippen molar-refractivity contribution in [3.8, 4) is 22.3 Å². The number of hydrogen-bond donors (Lipinski definition) is 0. The Morgan fingerprint density at radius 3 is 0.532 bits per heavy atom. The topological polar surface area (TPSA) is 13.0 Å². The number of fused-ring (bicyclic) bond motifs is 10. The van der Waals surface area contributed by atoms with Crippen molar-refractivity contribution < 1.29 is 0 Å². The summed E-state index contributed by atoms with van der Waals surface area (Å²) in [4.78, 5) is 20.3. The van der Waals surface area contributed by atoms with Gasteiger partial charge in [-0.1, -0.05) is 24.3 Å². The molecule has 0 radical (unpaired) electrons. The van der Waals surface area contributed by atoms with Gasteiger partial charge in [-0.3, -0.25) is 19.6 Å². The molecule has 0 aliphatic heterocycles. The van der Waals surface area contributed by atoms with E-state index in [2.05, 4.69) is 245 Å². The SMILES string of the molecule is Cc1ccc(N(c2ccc3c(c2)C2(c4cc(N(c5ccc(C)s5)c5ccc(C)s5)ccc4-3)c3cc(N(c4ccc(C)s4)c4ccc(C)s4)ccc3-c3ccc(N(c4ccc(C)s4)c4ccc(C)s4)cc32)c2ccc(C)s2)s1. The molecule has 4 nitrogen and oxygen atoms in total. The molecule has 2 aliphatic rings. The molecule has 0 saturated carbocycles. The second kappa shape index (κ2) is 19.0. The summed E-state index contributed by atoms with van der Waals surface area (Å²) in [6.45, 7) is 17.7. The Balaban J connectivity index is 1.10. The van der Waals surface area contributed by atoms with Crippen molar-refractivity contribution >= 4 is 153 Å². The third kappa shape index (κ3) is 8.17. The second-order valence-corrected chi connectivity index (χ2v) is 30.2. The van der Waals surface area contributed by atoms with Gasteiger partial charge in [0.15, 0.2) is 0 Å². The number of benzene rings is 4. The van der Waals surface area contributed by atoms with E-state index < -0.39 is 5.41 Å². The van der Waals surface area contributed by atoms with Gasteiger partial charge in [0.1, 0.15) is 40.0 Å². The molecule has 14 rings (SSSR count). The Kier molecular flexibility index (Phi) is 12.1. The molecule has 0 fully saturated rings. The Morgan fingerprint density at radius 2 is 0.390 bits per heavy atom. The summed E-state index contributed by atoms with van der Waals surface area (Å²) in [5.74, 6) is 0. The zero-order valence-corrected chi connectivity index (χ0v) is 50.3. The number of nitrogens with zero attached hydrogens (tertiary/aromatic N) is 4. The van der Waals surface area contributed by atoms with Crippen LogP contribution in [0.4, 0.5) is 62.8 Å². The van der Waals surface area contributed by atoms with Gasteiger partial charge < -0.3 is 0 Å². The smallest absolute Gasteiger partial charge is 0.101 e. The number of anilines is 12. The van der Waals surface area contributed by atoms with Crippen LogP contribution in [0.25, 0.3) is 22.3 Å². The Morgan fingerprint density at radius 1 is 0.221 bits per heavy atom. The van der Waals surface area contributed by atoms with Crippen LogP contribution in [0.5, 0.6) is 0 Å². The van der Waals surface area contributed by atoms with Gasteiger partial charge in [0.05, 0.1) is 5.41 Å². The van der Waals surface area contributed by atoms with E-state index in [0.29, 0.717) is 0 Å². The Bertz CT molecular complexity index is 3530. The first-order valence-electron chi connectivity index (χ1n) is 25.7. The van der Waals surface area contributed by atoms with Crippen LogP contribution in [0.15, 0.2) is 170 Å². The second-order valence-electron chi connectivity index (χ2n) is 20.1. The highest BCUT2D eigenvalue weighted by molar-refractivity contribution is 7.20. The van der Waals surface area contributed by atoms with Gasteiger partial charge in [-0.2, -0.15) is 0 Å². The molecule has 0 amide bonds. The number of thiophene rings is 8. The first-order valence-corrected chi connectivity index (χ1v) is 32.2. The lowest BCUT2D eigenvalue weighted by Gasteiger charge is -2.34. The lowest BCUT2D eigenvalue weighted by molar-refractivity contribution is 0.793. The molecule has 1 spiro atoms. The first-order chi connectivity index (χ1) is 37.4. The van der Waals surface area contributed by atoms with Gasteiger partial charge in [0, 0.05) is 61.8 Å². The minimum Gasteiger partial charge on any atom is -0.293 e. The number of hydrogen-bond acceptors (Lipinski definition) is 12. The monoisotopic (exact) mass is 1140 g/mol. The lowest BCUT2D eigenvalue weighted by atomic mass is 9.70.